The molecule has 1 rings (SSSR count). The van der Waals surface area contributed by atoms with Gasteiger partial charge >= 0.3 is 11.9 Å². The fraction of sp³-hybridized carbons (Fsp3) is 0.577. The van der Waals surface area contributed by atoms with E-state index in [1.807, 2.05) is 6.92 Å². The van der Waals surface area contributed by atoms with Crippen molar-refractivity contribution >= 4 is 29.7 Å². The van der Waals surface area contributed by atoms with E-state index in [4.69, 9.17) is 16.6 Å². The quantitative estimate of drug-likeness (QED) is 0.112. The molecule has 0 spiro atoms. The molecule has 0 aliphatic heterocycles. The number of phenolic OH excluding ortho intramolecular Hbond substituents is 1. The molecule has 13 nitrogen and oxygen atoms in total. The Hall–Kier alpha value is -3.71. The van der Waals surface area contributed by atoms with Gasteiger partial charge in [0.05, 0.1) is 6.04 Å². The Labute approximate surface area is 227 Å². The Morgan fingerprint density at radius 3 is 2.03 bits per heavy atom. The number of carbonyl (C=O) groups is 5. The molecule has 0 aliphatic rings. The molecule has 0 radical (unpaired) electrons. The maximum absolute atomic E-state index is 13.4. The van der Waals surface area contributed by atoms with Crippen molar-refractivity contribution in [1.29, 1.82) is 0 Å². The highest BCUT2D eigenvalue weighted by molar-refractivity contribution is 5.94. The maximum atomic E-state index is 13.4. The van der Waals surface area contributed by atoms with Gasteiger partial charge in [-0.15, -0.1) is 0 Å². The van der Waals surface area contributed by atoms with Crippen LogP contribution >= 0.6 is 0 Å². The lowest BCUT2D eigenvalue weighted by atomic mass is 9.96. The molecule has 0 saturated heterocycles. The summed E-state index contributed by atoms with van der Waals surface area (Å²) in [6, 6.07) is 1.30. The number of amides is 3. The zero-order valence-electron chi connectivity index (χ0n) is 22.4. The topological polar surface area (TPSA) is 234 Å². The van der Waals surface area contributed by atoms with Crippen LogP contribution in [0.5, 0.6) is 5.75 Å². The first-order valence-corrected chi connectivity index (χ1v) is 13.0. The summed E-state index contributed by atoms with van der Waals surface area (Å²) in [5, 5.41) is 35.6. The Bertz CT molecular complexity index is 972. The lowest BCUT2D eigenvalue weighted by Crippen LogP contribution is -2.59. The minimum absolute atomic E-state index is 0.00688. The van der Waals surface area contributed by atoms with Crippen LogP contribution in [0.1, 0.15) is 57.9 Å². The first-order chi connectivity index (χ1) is 18.4. The van der Waals surface area contributed by atoms with Crippen molar-refractivity contribution in [1.82, 2.24) is 16.0 Å². The number of nitrogens with one attached hydrogen (secondary N) is 3. The van der Waals surface area contributed by atoms with Crippen LogP contribution in [0.4, 0.5) is 0 Å². The average molecular weight is 552 g/mol. The minimum atomic E-state index is -1.21. The fourth-order valence-electron chi connectivity index (χ4n) is 3.73. The number of aromatic hydroxyl groups is 1. The smallest absolute Gasteiger partial charge is 0.326 e. The number of benzene rings is 1. The predicted molar refractivity (Wildman–Crippen MR) is 142 cm³/mol. The molecule has 39 heavy (non-hydrogen) atoms. The first kappa shape index (κ1) is 33.3. The summed E-state index contributed by atoms with van der Waals surface area (Å²) in [6.45, 7) is 3.92. The van der Waals surface area contributed by atoms with Gasteiger partial charge in [0.15, 0.2) is 0 Å². The van der Waals surface area contributed by atoms with Crippen molar-refractivity contribution < 1.29 is 39.3 Å². The monoisotopic (exact) mass is 551 g/mol. The van der Waals surface area contributed by atoms with Crippen LogP contribution in [-0.2, 0) is 30.4 Å². The second kappa shape index (κ2) is 17.0. The normalized spacial score (nSPS) is 14.8. The molecule has 10 N–H and O–H groups in total. The number of unbranched alkanes of at least 4 members (excludes halogenated alkanes) is 1. The number of aliphatic carboxylic acids is 2. The molecule has 3 amide bonds. The zero-order chi connectivity index (χ0) is 29.5. The molecule has 0 bridgehead atoms. The number of carboxylic acids is 2. The summed E-state index contributed by atoms with van der Waals surface area (Å²) in [5.74, 6) is -4.83. The van der Waals surface area contributed by atoms with Crippen LogP contribution in [0.3, 0.4) is 0 Å². The summed E-state index contributed by atoms with van der Waals surface area (Å²) in [4.78, 5) is 61.7. The van der Waals surface area contributed by atoms with Gasteiger partial charge in [0.25, 0.3) is 0 Å². The number of phenols is 1. The first-order valence-electron chi connectivity index (χ1n) is 13.0. The fourth-order valence-corrected chi connectivity index (χ4v) is 3.73. The van der Waals surface area contributed by atoms with Crippen LogP contribution in [-0.4, -0.2) is 75.7 Å². The van der Waals surface area contributed by atoms with E-state index in [1.54, 1.807) is 19.1 Å². The number of carbonyl (C=O) groups excluding carboxylic acids is 3. The van der Waals surface area contributed by atoms with Crippen molar-refractivity contribution in [3.05, 3.63) is 29.8 Å². The Morgan fingerprint density at radius 2 is 1.49 bits per heavy atom. The molecular weight excluding hydrogens is 510 g/mol. The Morgan fingerprint density at radius 1 is 0.872 bits per heavy atom. The number of nitrogens with two attached hydrogens (primary N) is 2. The van der Waals surface area contributed by atoms with Crippen LogP contribution in [0.25, 0.3) is 0 Å². The van der Waals surface area contributed by atoms with Gasteiger partial charge in [-0.3, -0.25) is 19.2 Å². The molecule has 5 atom stereocenters. The van der Waals surface area contributed by atoms with E-state index in [1.165, 1.54) is 12.1 Å². The summed E-state index contributed by atoms with van der Waals surface area (Å²) >= 11 is 0. The summed E-state index contributed by atoms with van der Waals surface area (Å²) in [5.41, 5.74) is 11.9. The SMILES string of the molecule is CCC(C)C(NC(=O)C(Cc1ccc(O)cc1)NC(=O)C(N)CCC(=O)O)C(=O)NC(CCCCN)C(=O)O. The summed E-state index contributed by atoms with van der Waals surface area (Å²) in [7, 11) is 0. The van der Waals surface area contributed by atoms with Crippen molar-refractivity contribution in [2.75, 3.05) is 6.54 Å². The standard InChI is InChI=1S/C26H41N5O8/c1-3-15(2)22(25(37)29-19(26(38)39)6-4-5-13-27)31-24(36)20(14-16-7-9-17(32)10-8-16)30-23(35)18(28)11-12-21(33)34/h7-10,15,18-20,22,32H,3-6,11-14,27-28H2,1-2H3,(H,29,37)(H,30,35)(H,31,36)(H,33,34)(H,38,39). The second-order valence-corrected chi connectivity index (χ2v) is 9.53. The van der Waals surface area contributed by atoms with Gasteiger partial charge in [0.2, 0.25) is 17.7 Å². The van der Waals surface area contributed by atoms with Crippen LogP contribution < -0.4 is 27.4 Å². The summed E-state index contributed by atoms with van der Waals surface area (Å²) < 4.78 is 0. The van der Waals surface area contributed by atoms with E-state index < -0.39 is 53.8 Å². The number of hydrogen-bond donors (Lipinski definition) is 8. The molecule has 13 heteroatoms. The zero-order valence-corrected chi connectivity index (χ0v) is 22.4. The third-order valence-electron chi connectivity index (χ3n) is 6.37. The molecule has 1 aromatic carbocycles. The molecule has 0 aromatic heterocycles. The van der Waals surface area contributed by atoms with Gasteiger partial charge in [-0.2, -0.15) is 0 Å². The number of carboxylic acid groups (broad SMARTS) is 2. The molecule has 0 fully saturated rings. The molecule has 0 heterocycles. The summed E-state index contributed by atoms with van der Waals surface area (Å²) in [6.07, 6.45) is 1.25. The highest BCUT2D eigenvalue weighted by atomic mass is 16.4. The lowest BCUT2D eigenvalue weighted by molar-refractivity contribution is -0.143. The van der Waals surface area contributed by atoms with Gasteiger partial charge < -0.3 is 42.7 Å². The van der Waals surface area contributed by atoms with Crippen molar-refractivity contribution in [2.24, 2.45) is 17.4 Å². The maximum Gasteiger partial charge on any atom is 0.326 e. The molecular formula is C26H41N5O8. The van der Waals surface area contributed by atoms with Crippen LogP contribution in [0, 0.1) is 5.92 Å². The third-order valence-corrected chi connectivity index (χ3v) is 6.37. The molecule has 0 saturated carbocycles. The van der Waals surface area contributed by atoms with E-state index in [0.717, 1.165) is 0 Å². The minimum Gasteiger partial charge on any atom is -0.508 e. The number of rotatable bonds is 18. The van der Waals surface area contributed by atoms with E-state index in [-0.39, 0.29) is 37.4 Å². The van der Waals surface area contributed by atoms with Crippen LogP contribution in [0.2, 0.25) is 0 Å². The van der Waals surface area contributed by atoms with Gasteiger partial charge in [-0.25, -0.2) is 4.79 Å². The average Bonchev–Trinajstić information content (AvgIpc) is 2.89. The third kappa shape index (κ3) is 12.1. The molecule has 5 unspecified atom stereocenters. The van der Waals surface area contributed by atoms with Gasteiger partial charge in [0.1, 0.15) is 23.9 Å². The largest absolute Gasteiger partial charge is 0.508 e. The number of hydrogen-bond acceptors (Lipinski definition) is 8. The van der Waals surface area contributed by atoms with Crippen LogP contribution in [0.15, 0.2) is 24.3 Å². The second-order valence-electron chi connectivity index (χ2n) is 9.53. The van der Waals surface area contributed by atoms with E-state index >= 15 is 0 Å². The molecule has 0 aliphatic carbocycles. The van der Waals surface area contributed by atoms with E-state index in [9.17, 15) is 34.2 Å². The lowest BCUT2D eigenvalue weighted by Gasteiger charge is -2.28. The molecule has 1 aromatic rings. The van der Waals surface area contributed by atoms with Gasteiger partial charge in [-0.05, 0) is 55.8 Å². The van der Waals surface area contributed by atoms with Crippen molar-refractivity contribution in [3.8, 4) is 5.75 Å². The van der Waals surface area contributed by atoms with Gasteiger partial charge in [-0.1, -0.05) is 32.4 Å². The van der Waals surface area contributed by atoms with Crippen molar-refractivity contribution in [2.45, 2.75) is 83.0 Å². The van der Waals surface area contributed by atoms with Gasteiger partial charge in [0, 0.05) is 12.8 Å². The Kier molecular flexibility index (Phi) is 14.5. The predicted octanol–water partition coefficient (Wildman–Crippen LogP) is -0.159. The van der Waals surface area contributed by atoms with E-state index in [2.05, 4.69) is 16.0 Å². The Balaban J connectivity index is 3.12. The molecule has 218 valence electrons. The highest BCUT2D eigenvalue weighted by Gasteiger charge is 2.32. The van der Waals surface area contributed by atoms with E-state index in [0.29, 0.717) is 31.4 Å². The highest BCUT2D eigenvalue weighted by Crippen LogP contribution is 2.14. The van der Waals surface area contributed by atoms with Crippen molar-refractivity contribution in [3.63, 3.8) is 0 Å².